The average molecular weight is 431 g/mol. The summed E-state index contributed by atoms with van der Waals surface area (Å²) in [4.78, 5) is 26.4. The molecule has 0 aliphatic carbocycles. The van der Waals surface area contributed by atoms with Crippen LogP contribution in [0, 0.1) is 0 Å². The Hall–Kier alpha value is -2.83. The molecule has 1 amide bonds. The first-order chi connectivity index (χ1) is 15.6. The van der Waals surface area contributed by atoms with Crippen LogP contribution in [-0.4, -0.2) is 64.1 Å². The van der Waals surface area contributed by atoms with Crippen LogP contribution in [0.3, 0.4) is 0 Å². The highest BCUT2D eigenvalue weighted by Crippen LogP contribution is 2.37. The molecule has 1 spiro atoms. The van der Waals surface area contributed by atoms with Crippen molar-refractivity contribution in [3.8, 4) is 0 Å². The third kappa shape index (κ3) is 4.25. The standard InChI is InChI=1S/C26H30N4O2/c1-29(19-20-6-3-2-4-7-20)21-10-17-32-26(18-21)11-15-30(16-12-26)25(31)22-8-5-9-23-24(22)28-14-13-27-23/h2-9,13-14,21H,10-12,15-19H2,1H3. The minimum Gasteiger partial charge on any atom is -0.375 e. The van der Waals surface area contributed by atoms with Gasteiger partial charge in [-0.3, -0.25) is 19.7 Å². The van der Waals surface area contributed by atoms with Crippen molar-refractivity contribution in [1.29, 1.82) is 0 Å². The molecule has 2 aromatic carbocycles. The molecule has 6 nitrogen and oxygen atoms in total. The number of carbonyl (C=O) groups excluding carboxylic acids is 1. The monoisotopic (exact) mass is 430 g/mol. The maximum atomic E-state index is 13.3. The van der Waals surface area contributed by atoms with Crippen molar-refractivity contribution in [3.05, 3.63) is 72.1 Å². The Morgan fingerprint density at radius 2 is 1.88 bits per heavy atom. The van der Waals surface area contributed by atoms with Gasteiger partial charge in [-0.2, -0.15) is 0 Å². The third-order valence-corrected chi connectivity index (χ3v) is 7.06. The minimum absolute atomic E-state index is 0.0412. The van der Waals surface area contributed by atoms with Crippen LogP contribution in [0.5, 0.6) is 0 Å². The molecule has 0 radical (unpaired) electrons. The zero-order chi connectivity index (χ0) is 22.0. The summed E-state index contributed by atoms with van der Waals surface area (Å²) in [6.07, 6.45) is 7.15. The number of amides is 1. The number of likely N-dealkylation sites (tertiary alicyclic amines) is 1. The number of para-hydroxylation sites is 1. The fourth-order valence-electron chi connectivity index (χ4n) is 5.18. The van der Waals surface area contributed by atoms with Crippen molar-refractivity contribution < 1.29 is 9.53 Å². The van der Waals surface area contributed by atoms with E-state index in [4.69, 9.17) is 4.74 Å². The normalized spacial score (nSPS) is 20.7. The van der Waals surface area contributed by atoms with Crippen molar-refractivity contribution in [2.45, 2.75) is 43.9 Å². The minimum atomic E-state index is -0.122. The fourth-order valence-corrected chi connectivity index (χ4v) is 5.18. The van der Waals surface area contributed by atoms with Crippen molar-refractivity contribution in [2.24, 2.45) is 0 Å². The van der Waals surface area contributed by atoms with Crippen molar-refractivity contribution in [3.63, 3.8) is 0 Å². The Kier molecular flexibility index (Phi) is 5.89. The number of nitrogens with zero attached hydrogens (tertiary/aromatic N) is 4. The van der Waals surface area contributed by atoms with E-state index in [9.17, 15) is 4.79 Å². The summed E-state index contributed by atoms with van der Waals surface area (Å²) in [7, 11) is 2.22. The number of aromatic nitrogens is 2. The molecule has 0 bridgehead atoms. The summed E-state index contributed by atoms with van der Waals surface area (Å²) in [5.41, 5.74) is 3.29. The molecule has 1 unspecified atom stereocenters. The number of fused-ring (bicyclic) bond motifs is 1. The van der Waals surface area contributed by atoms with E-state index < -0.39 is 0 Å². The zero-order valence-corrected chi connectivity index (χ0v) is 18.6. The Morgan fingerprint density at radius 3 is 2.69 bits per heavy atom. The van der Waals surface area contributed by atoms with Crippen LogP contribution in [0.2, 0.25) is 0 Å². The van der Waals surface area contributed by atoms with E-state index in [1.54, 1.807) is 12.4 Å². The highest BCUT2D eigenvalue weighted by molar-refractivity contribution is 6.04. The van der Waals surface area contributed by atoms with Gasteiger partial charge in [-0.15, -0.1) is 0 Å². The van der Waals surface area contributed by atoms with Gasteiger partial charge in [0.15, 0.2) is 0 Å². The van der Waals surface area contributed by atoms with Crippen LogP contribution in [0.1, 0.15) is 41.6 Å². The average Bonchev–Trinajstić information content (AvgIpc) is 2.84. The molecular weight excluding hydrogens is 400 g/mol. The Bertz CT molecular complexity index is 1070. The van der Waals surface area contributed by atoms with Gasteiger partial charge >= 0.3 is 0 Å². The van der Waals surface area contributed by atoms with Crippen molar-refractivity contribution in [2.75, 3.05) is 26.7 Å². The lowest BCUT2D eigenvalue weighted by molar-refractivity contribution is -0.128. The van der Waals surface area contributed by atoms with Crippen molar-refractivity contribution in [1.82, 2.24) is 19.8 Å². The van der Waals surface area contributed by atoms with Crippen molar-refractivity contribution >= 4 is 16.9 Å². The van der Waals surface area contributed by atoms with Gasteiger partial charge in [-0.25, -0.2) is 0 Å². The van der Waals surface area contributed by atoms with Gasteiger partial charge in [0.1, 0.15) is 5.52 Å². The van der Waals surface area contributed by atoms with Crippen LogP contribution in [-0.2, 0) is 11.3 Å². The topological polar surface area (TPSA) is 58.6 Å². The van der Waals surface area contributed by atoms with Crippen LogP contribution in [0.4, 0.5) is 0 Å². The first-order valence-corrected chi connectivity index (χ1v) is 11.5. The Balaban J connectivity index is 1.24. The van der Waals surface area contributed by atoms with E-state index in [1.807, 2.05) is 23.1 Å². The van der Waals surface area contributed by atoms with Gasteiger partial charge in [-0.1, -0.05) is 36.4 Å². The first-order valence-electron chi connectivity index (χ1n) is 11.5. The highest BCUT2D eigenvalue weighted by atomic mass is 16.5. The quantitative estimate of drug-likeness (QED) is 0.628. The second kappa shape index (κ2) is 8.96. The number of carbonyl (C=O) groups is 1. The molecule has 166 valence electrons. The predicted octanol–water partition coefficient (Wildman–Crippen LogP) is 3.92. The molecule has 0 N–H and O–H groups in total. The molecule has 2 aliphatic heterocycles. The van der Waals surface area contributed by atoms with Gasteiger partial charge in [0.05, 0.1) is 16.7 Å². The summed E-state index contributed by atoms with van der Waals surface area (Å²) in [6, 6.07) is 16.8. The van der Waals surface area contributed by atoms with Crippen LogP contribution >= 0.6 is 0 Å². The van der Waals surface area contributed by atoms with Gasteiger partial charge in [0.25, 0.3) is 5.91 Å². The number of benzene rings is 2. The van der Waals surface area contributed by atoms with Crippen LogP contribution in [0.25, 0.3) is 11.0 Å². The fraction of sp³-hybridized carbons (Fsp3) is 0.423. The first kappa shape index (κ1) is 21.0. The van der Waals surface area contributed by atoms with E-state index >= 15 is 0 Å². The molecule has 3 aromatic rings. The molecule has 32 heavy (non-hydrogen) atoms. The van der Waals surface area contributed by atoms with Crippen LogP contribution in [0.15, 0.2) is 60.9 Å². The van der Waals surface area contributed by atoms with Crippen LogP contribution < -0.4 is 0 Å². The molecule has 1 aromatic heterocycles. The van der Waals surface area contributed by atoms with Gasteiger partial charge in [0.2, 0.25) is 0 Å². The molecular formula is C26H30N4O2. The van der Waals surface area contributed by atoms with E-state index in [-0.39, 0.29) is 11.5 Å². The third-order valence-electron chi connectivity index (χ3n) is 7.06. The summed E-state index contributed by atoms with van der Waals surface area (Å²) >= 11 is 0. The maximum absolute atomic E-state index is 13.3. The molecule has 6 heteroatoms. The smallest absolute Gasteiger partial charge is 0.256 e. The summed E-state index contributed by atoms with van der Waals surface area (Å²) in [5.74, 6) is 0.0412. The number of hydrogen-bond acceptors (Lipinski definition) is 5. The van der Waals surface area contributed by atoms with E-state index in [2.05, 4.69) is 52.2 Å². The lowest BCUT2D eigenvalue weighted by atomic mass is 9.81. The second-order valence-corrected chi connectivity index (χ2v) is 9.10. The summed E-state index contributed by atoms with van der Waals surface area (Å²) in [6.45, 7) is 3.17. The molecule has 2 saturated heterocycles. The number of ether oxygens (including phenoxy) is 1. The molecule has 2 aliphatic rings. The number of piperidine rings is 1. The van der Waals surface area contributed by atoms with Gasteiger partial charge in [-0.05, 0) is 50.4 Å². The maximum Gasteiger partial charge on any atom is 0.256 e. The van der Waals surface area contributed by atoms with Gasteiger partial charge < -0.3 is 9.64 Å². The molecule has 3 heterocycles. The lowest BCUT2D eigenvalue weighted by Crippen LogP contribution is -2.54. The Morgan fingerprint density at radius 1 is 1.09 bits per heavy atom. The summed E-state index contributed by atoms with van der Waals surface area (Å²) in [5, 5.41) is 0. The molecule has 2 fully saturated rings. The summed E-state index contributed by atoms with van der Waals surface area (Å²) < 4.78 is 6.35. The van der Waals surface area contributed by atoms with Gasteiger partial charge in [0, 0.05) is 44.7 Å². The zero-order valence-electron chi connectivity index (χ0n) is 18.6. The lowest BCUT2D eigenvalue weighted by Gasteiger charge is -2.48. The van der Waals surface area contributed by atoms with E-state index in [0.717, 1.165) is 44.4 Å². The van der Waals surface area contributed by atoms with E-state index in [0.29, 0.717) is 30.2 Å². The largest absolute Gasteiger partial charge is 0.375 e. The number of hydrogen-bond donors (Lipinski definition) is 0. The SMILES string of the molecule is CN(Cc1ccccc1)C1CCOC2(CCN(C(=O)c3cccc4nccnc34)CC2)C1. The second-order valence-electron chi connectivity index (χ2n) is 9.10. The highest BCUT2D eigenvalue weighted by Gasteiger charge is 2.42. The predicted molar refractivity (Wildman–Crippen MR) is 124 cm³/mol. The molecule has 0 saturated carbocycles. The number of rotatable bonds is 4. The Labute approximate surface area is 189 Å². The molecule has 5 rings (SSSR count). The van der Waals surface area contributed by atoms with E-state index in [1.165, 1.54) is 5.56 Å². The molecule has 1 atom stereocenters.